The first-order chi connectivity index (χ1) is 13.4. The van der Waals surface area contributed by atoms with Crippen LogP contribution in [0.25, 0.3) is 0 Å². The predicted molar refractivity (Wildman–Crippen MR) is 102 cm³/mol. The molecule has 0 aromatic heterocycles. The molecule has 28 heavy (non-hydrogen) atoms. The SMILES string of the molecule is CN(C)C(=O)CNC(=O)CN1CCC(C(=O)Nc2ccc3c(c2)OCO3)CC1. The zero-order valence-corrected chi connectivity index (χ0v) is 16.2. The fraction of sp³-hybridized carbons (Fsp3) is 0.526. The van der Waals surface area contributed by atoms with E-state index in [1.165, 1.54) is 4.90 Å². The zero-order valence-electron chi connectivity index (χ0n) is 16.2. The lowest BCUT2D eigenvalue weighted by Crippen LogP contribution is -2.45. The topological polar surface area (TPSA) is 100 Å². The Morgan fingerprint density at radius 3 is 2.57 bits per heavy atom. The molecule has 1 aromatic rings. The number of carbonyl (C=O) groups is 3. The number of hydrogen-bond donors (Lipinski definition) is 2. The first-order valence-electron chi connectivity index (χ1n) is 9.32. The van der Waals surface area contributed by atoms with Crippen molar-refractivity contribution in [1.29, 1.82) is 0 Å². The van der Waals surface area contributed by atoms with Crippen LogP contribution in [0.3, 0.4) is 0 Å². The number of hydrogen-bond acceptors (Lipinski definition) is 6. The van der Waals surface area contributed by atoms with Crippen LogP contribution in [0.4, 0.5) is 5.69 Å². The molecule has 9 nitrogen and oxygen atoms in total. The Balaban J connectivity index is 1.40. The Bertz CT molecular complexity index is 744. The van der Waals surface area contributed by atoms with E-state index in [0.29, 0.717) is 43.1 Å². The van der Waals surface area contributed by atoms with E-state index in [9.17, 15) is 14.4 Å². The lowest BCUT2D eigenvalue weighted by molar-refractivity contribution is -0.131. The molecule has 0 spiro atoms. The molecule has 9 heteroatoms. The summed E-state index contributed by atoms with van der Waals surface area (Å²) in [5.74, 6) is 0.855. The Morgan fingerprint density at radius 1 is 1.14 bits per heavy atom. The summed E-state index contributed by atoms with van der Waals surface area (Å²) in [4.78, 5) is 39.4. The summed E-state index contributed by atoms with van der Waals surface area (Å²) in [5, 5.41) is 5.55. The fourth-order valence-corrected chi connectivity index (χ4v) is 3.16. The van der Waals surface area contributed by atoms with Crippen molar-refractivity contribution in [3.8, 4) is 11.5 Å². The van der Waals surface area contributed by atoms with E-state index in [-0.39, 0.29) is 43.5 Å². The van der Waals surface area contributed by atoms with Gasteiger partial charge in [-0.3, -0.25) is 19.3 Å². The summed E-state index contributed by atoms with van der Waals surface area (Å²) in [6.07, 6.45) is 1.36. The Morgan fingerprint density at radius 2 is 1.86 bits per heavy atom. The first kappa shape index (κ1) is 19.9. The minimum absolute atomic E-state index is 0.000235. The molecule has 0 saturated carbocycles. The molecule has 3 rings (SSSR count). The van der Waals surface area contributed by atoms with E-state index in [2.05, 4.69) is 10.6 Å². The summed E-state index contributed by atoms with van der Waals surface area (Å²) in [5.41, 5.74) is 0.682. The maximum atomic E-state index is 12.5. The molecule has 0 bridgehead atoms. The lowest BCUT2D eigenvalue weighted by Gasteiger charge is -2.30. The molecule has 0 atom stereocenters. The van der Waals surface area contributed by atoms with Crippen molar-refractivity contribution in [2.45, 2.75) is 12.8 Å². The third-order valence-corrected chi connectivity index (χ3v) is 4.90. The van der Waals surface area contributed by atoms with Crippen LogP contribution in [0.5, 0.6) is 11.5 Å². The minimum Gasteiger partial charge on any atom is -0.454 e. The number of benzene rings is 1. The van der Waals surface area contributed by atoms with Gasteiger partial charge < -0.3 is 25.0 Å². The van der Waals surface area contributed by atoms with Gasteiger partial charge in [-0.05, 0) is 38.1 Å². The summed E-state index contributed by atoms with van der Waals surface area (Å²) in [6, 6.07) is 5.33. The molecule has 2 N–H and O–H groups in total. The number of rotatable bonds is 6. The van der Waals surface area contributed by atoms with E-state index in [0.717, 1.165) is 0 Å². The van der Waals surface area contributed by atoms with E-state index in [4.69, 9.17) is 9.47 Å². The van der Waals surface area contributed by atoms with Crippen LogP contribution in [0.2, 0.25) is 0 Å². The van der Waals surface area contributed by atoms with Gasteiger partial charge in [0.2, 0.25) is 24.5 Å². The average molecular weight is 390 g/mol. The quantitative estimate of drug-likeness (QED) is 0.723. The Kier molecular flexibility index (Phi) is 6.35. The monoisotopic (exact) mass is 390 g/mol. The molecule has 152 valence electrons. The van der Waals surface area contributed by atoms with Gasteiger partial charge in [0.05, 0.1) is 13.1 Å². The third-order valence-electron chi connectivity index (χ3n) is 4.90. The van der Waals surface area contributed by atoms with Gasteiger partial charge in [-0.15, -0.1) is 0 Å². The zero-order chi connectivity index (χ0) is 20.1. The largest absolute Gasteiger partial charge is 0.454 e. The number of carbonyl (C=O) groups excluding carboxylic acids is 3. The second-order valence-electron chi connectivity index (χ2n) is 7.17. The maximum absolute atomic E-state index is 12.5. The molecule has 0 radical (unpaired) electrons. The number of piperidine rings is 1. The highest BCUT2D eigenvalue weighted by molar-refractivity contribution is 5.93. The van der Waals surface area contributed by atoms with Gasteiger partial charge in [-0.25, -0.2) is 0 Å². The van der Waals surface area contributed by atoms with Crippen molar-refractivity contribution in [1.82, 2.24) is 15.1 Å². The van der Waals surface area contributed by atoms with Gasteiger partial charge in [0.1, 0.15) is 0 Å². The molecule has 1 fully saturated rings. The molecule has 2 aliphatic heterocycles. The first-order valence-corrected chi connectivity index (χ1v) is 9.32. The maximum Gasteiger partial charge on any atom is 0.241 e. The number of likely N-dealkylation sites (tertiary alicyclic amines) is 1. The van der Waals surface area contributed by atoms with Gasteiger partial charge >= 0.3 is 0 Å². The number of fused-ring (bicyclic) bond motifs is 1. The number of likely N-dealkylation sites (N-methyl/N-ethyl adjacent to an activating group) is 1. The minimum atomic E-state index is -0.182. The van der Waals surface area contributed by atoms with E-state index < -0.39 is 0 Å². The molecular formula is C19H26N4O5. The van der Waals surface area contributed by atoms with Crippen LogP contribution in [0.15, 0.2) is 18.2 Å². The molecule has 0 unspecified atom stereocenters. The summed E-state index contributed by atoms with van der Waals surface area (Å²) in [7, 11) is 3.29. The van der Waals surface area contributed by atoms with Crippen molar-refractivity contribution >= 4 is 23.4 Å². The number of ether oxygens (including phenoxy) is 2. The summed E-state index contributed by atoms with van der Waals surface area (Å²) in [6.45, 7) is 1.75. The molecule has 1 saturated heterocycles. The molecule has 1 aromatic carbocycles. The summed E-state index contributed by atoms with van der Waals surface area (Å²) < 4.78 is 10.6. The van der Waals surface area contributed by atoms with E-state index >= 15 is 0 Å². The smallest absolute Gasteiger partial charge is 0.241 e. The van der Waals surface area contributed by atoms with Crippen molar-refractivity contribution in [2.75, 3.05) is 52.4 Å². The molecular weight excluding hydrogens is 364 g/mol. The molecule has 2 aliphatic rings. The number of nitrogens with zero attached hydrogens (tertiary/aromatic N) is 2. The fourth-order valence-electron chi connectivity index (χ4n) is 3.16. The van der Waals surface area contributed by atoms with Crippen LogP contribution in [-0.2, 0) is 14.4 Å². The third kappa shape index (κ3) is 5.13. The molecule has 3 amide bonds. The van der Waals surface area contributed by atoms with E-state index in [1.54, 1.807) is 32.3 Å². The number of anilines is 1. The Hall–Kier alpha value is -2.81. The number of amides is 3. The average Bonchev–Trinajstić information content (AvgIpc) is 3.14. The second-order valence-corrected chi connectivity index (χ2v) is 7.17. The standard InChI is InChI=1S/C19H26N4O5/c1-22(2)18(25)10-20-17(24)11-23-7-5-13(6-8-23)19(26)21-14-3-4-15-16(9-14)28-12-27-15/h3-4,9,13H,5-8,10-12H2,1-2H3,(H,20,24)(H,21,26). The van der Waals surface area contributed by atoms with Crippen molar-refractivity contribution in [3.63, 3.8) is 0 Å². The van der Waals surface area contributed by atoms with Crippen LogP contribution in [0.1, 0.15) is 12.8 Å². The predicted octanol–water partition coefficient (Wildman–Crippen LogP) is 0.270. The highest BCUT2D eigenvalue weighted by atomic mass is 16.7. The van der Waals surface area contributed by atoms with Crippen LogP contribution in [0, 0.1) is 5.92 Å². The summed E-state index contributed by atoms with van der Waals surface area (Å²) >= 11 is 0. The van der Waals surface area contributed by atoms with Gasteiger partial charge in [-0.2, -0.15) is 0 Å². The van der Waals surface area contributed by atoms with Crippen LogP contribution >= 0.6 is 0 Å². The number of nitrogens with one attached hydrogen (secondary N) is 2. The van der Waals surface area contributed by atoms with Crippen molar-refractivity contribution in [3.05, 3.63) is 18.2 Å². The molecule has 2 heterocycles. The highest BCUT2D eigenvalue weighted by Gasteiger charge is 2.26. The van der Waals surface area contributed by atoms with Crippen LogP contribution in [-0.4, -0.2) is 74.6 Å². The van der Waals surface area contributed by atoms with Gasteiger partial charge in [0.25, 0.3) is 0 Å². The van der Waals surface area contributed by atoms with E-state index in [1.807, 2.05) is 4.90 Å². The van der Waals surface area contributed by atoms with Gasteiger partial charge in [0.15, 0.2) is 11.5 Å². The second kappa shape index (κ2) is 8.92. The highest BCUT2D eigenvalue weighted by Crippen LogP contribution is 2.34. The van der Waals surface area contributed by atoms with Gasteiger partial charge in [-0.1, -0.05) is 0 Å². The van der Waals surface area contributed by atoms with Crippen LogP contribution < -0.4 is 20.1 Å². The lowest BCUT2D eigenvalue weighted by atomic mass is 9.96. The van der Waals surface area contributed by atoms with Crippen molar-refractivity contribution < 1.29 is 23.9 Å². The molecule has 0 aliphatic carbocycles. The normalized spacial score (nSPS) is 16.5. The Labute approximate surface area is 163 Å². The van der Waals surface area contributed by atoms with Gasteiger partial charge in [0, 0.05) is 31.8 Å². The van der Waals surface area contributed by atoms with Crippen molar-refractivity contribution in [2.24, 2.45) is 5.92 Å².